The van der Waals surface area contributed by atoms with Crippen LogP contribution in [0.4, 0.5) is 0 Å². The minimum Gasteiger partial charge on any atom is -0.481 e. The lowest BCUT2D eigenvalue weighted by Crippen LogP contribution is -2.21. The van der Waals surface area contributed by atoms with Crippen molar-refractivity contribution >= 4 is 5.97 Å². The maximum absolute atomic E-state index is 11.3. The van der Waals surface area contributed by atoms with E-state index in [-0.39, 0.29) is 5.92 Å². The van der Waals surface area contributed by atoms with E-state index in [4.69, 9.17) is 0 Å². The summed E-state index contributed by atoms with van der Waals surface area (Å²) in [6.07, 6.45) is 7.47. The molecule has 0 heterocycles. The van der Waals surface area contributed by atoms with E-state index in [9.17, 15) is 9.90 Å². The highest BCUT2D eigenvalue weighted by Crippen LogP contribution is 2.34. The minimum absolute atomic E-state index is 0.115. The molecule has 1 saturated carbocycles. The fourth-order valence-corrected chi connectivity index (χ4v) is 3.09. The van der Waals surface area contributed by atoms with Crippen LogP contribution in [0.2, 0.25) is 0 Å². The number of carboxylic acid groups (broad SMARTS) is 1. The monoisotopic (exact) mass is 246 g/mol. The second kappa shape index (κ2) is 6.58. The predicted molar refractivity (Wildman–Crippen MR) is 72.5 cm³/mol. The molecule has 1 aliphatic carbocycles. The number of hydrogen-bond acceptors (Lipinski definition) is 1. The molecule has 0 bridgehead atoms. The summed E-state index contributed by atoms with van der Waals surface area (Å²) in [7, 11) is 0. The SMILES string of the molecule is O=C(O)C(CCCc1ccccc1)C1CCCC1. The molecule has 1 aliphatic rings. The summed E-state index contributed by atoms with van der Waals surface area (Å²) in [5, 5.41) is 9.33. The molecule has 98 valence electrons. The third-order valence-corrected chi connectivity index (χ3v) is 4.11. The van der Waals surface area contributed by atoms with Crippen LogP contribution in [-0.4, -0.2) is 11.1 Å². The Bertz CT molecular complexity index is 366. The lowest BCUT2D eigenvalue weighted by atomic mass is 9.86. The second-order valence-corrected chi connectivity index (χ2v) is 5.37. The highest BCUT2D eigenvalue weighted by Gasteiger charge is 2.29. The van der Waals surface area contributed by atoms with Crippen molar-refractivity contribution in [1.82, 2.24) is 0 Å². The van der Waals surface area contributed by atoms with Crippen molar-refractivity contribution in [2.45, 2.75) is 44.9 Å². The van der Waals surface area contributed by atoms with Crippen LogP contribution in [0.5, 0.6) is 0 Å². The first-order valence-electron chi connectivity index (χ1n) is 7.04. The first-order valence-corrected chi connectivity index (χ1v) is 7.04. The maximum atomic E-state index is 11.3. The Morgan fingerprint density at radius 3 is 2.50 bits per heavy atom. The molecule has 1 atom stereocenters. The normalized spacial score (nSPS) is 17.8. The molecule has 2 heteroatoms. The van der Waals surface area contributed by atoms with Crippen LogP contribution >= 0.6 is 0 Å². The van der Waals surface area contributed by atoms with Gasteiger partial charge in [0.05, 0.1) is 5.92 Å². The van der Waals surface area contributed by atoms with Crippen LogP contribution in [0.3, 0.4) is 0 Å². The van der Waals surface area contributed by atoms with Gasteiger partial charge < -0.3 is 5.11 Å². The van der Waals surface area contributed by atoms with Crippen LogP contribution in [0.15, 0.2) is 30.3 Å². The lowest BCUT2D eigenvalue weighted by molar-refractivity contribution is -0.144. The van der Waals surface area contributed by atoms with Gasteiger partial charge in [0.25, 0.3) is 0 Å². The Morgan fingerprint density at radius 1 is 1.22 bits per heavy atom. The molecule has 2 nitrogen and oxygen atoms in total. The van der Waals surface area contributed by atoms with Crippen LogP contribution in [0.25, 0.3) is 0 Å². The van der Waals surface area contributed by atoms with Crippen molar-refractivity contribution in [2.24, 2.45) is 11.8 Å². The topological polar surface area (TPSA) is 37.3 Å². The zero-order valence-corrected chi connectivity index (χ0v) is 10.8. The standard InChI is InChI=1S/C16H22O2/c17-16(18)15(14-10-4-5-11-14)12-6-9-13-7-2-1-3-8-13/h1-3,7-8,14-15H,4-6,9-12H2,(H,17,18). The molecule has 0 saturated heterocycles. The molecular weight excluding hydrogens is 224 g/mol. The van der Waals surface area contributed by atoms with E-state index >= 15 is 0 Å². The van der Waals surface area contributed by atoms with Crippen molar-refractivity contribution in [3.8, 4) is 0 Å². The van der Waals surface area contributed by atoms with E-state index in [0.29, 0.717) is 5.92 Å². The van der Waals surface area contributed by atoms with Crippen molar-refractivity contribution in [3.05, 3.63) is 35.9 Å². The maximum Gasteiger partial charge on any atom is 0.306 e. The van der Waals surface area contributed by atoms with Gasteiger partial charge in [-0.15, -0.1) is 0 Å². The minimum atomic E-state index is -0.588. The van der Waals surface area contributed by atoms with E-state index in [0.717, 1.165) is 32.1 Å². The van der Waals surface area contributed by atoms with Crippen LogP contribution in [0.1, 0.15) is 44.1 Å². The van der Waals surface area contributed by atoms with E-state index < -0.39 is 5.97 Å². The van der Waals surface area contributed by atoms with E-state index in [1.807, 2.05) is 18.2 Å². The number of aliphatic carboxylic acids is 1. The third-order valence-electron chi connectivity index (χ3n) is 4.11. The zero-order valence-electron chi connectivity index (χ0n) is 10.8. The van der Waals surface area contributed by atoms with Gasteiger partial charge in [0.2, 0.25) is 0 Å². The Balaban J connectivity index is 1.81. The van der Waals surface area contributed by atoms with E-state index in [1.165, 1.54) is 18.4 Å². The van der Waals surface area contributed by atoms with Crippen molar-refractivity contribution in [2.75, 3.05) is 0 Å². The molecule has 1 fully saturated rings. The average Bonchev–Trinajstić information content (AvgIpc) is 2.89. The first-order chi connectivity index (χ1) is 8.77. The largest absolute Gasteiger partial charge is 0.481 e. The molecule has 0 amide bonds. The predicted octanol–water partition coefficient (Wildman–Crippen LogP) is 3.90. The number of hydrogen-bond donors (Lipinski definition) is 1. The number of carboxylic acids is 1. The number of aryl methyl sites for hydroxylation is 1. The van der Waals surface area contributed by atoms with Gasteiger partial charge >= 0.3 is 5.97 Å². The number of carbonyl (C=O) groups is 1. The van der Waals surface area contributed by atoms with Crippen LogP contribution in [0, 0.1) is 11.8 Å². The number of benzene rings is 1. The van der Waals surface area contributed by atoms with Crippen LogP contribution in [-0.2, 0) is 11.2 Å². The highest BCUT2D eigenvalue weighted by atomic mass is 16.4. The molecule has 1 N–H and O–H groups in total. The number of rotatable bonds is 6. The quantitative estimate of drug-likeness (QED) is 0.826. The van der Waals surface area contributed by atoms with Gasteiger partial charge in [0.15, 0.2) is 0 Å². The Hall–Kier alpha value is -1.31. The van der Waals surface area contributed by atoms with Crippen LogP contribution < -0.4 is 0 Å². The van der Waals surface area contributed by atoms with Gasteiger partial charge in [-0.05, 0) is 43.6 Å². The third kappa shape index (κ3) is 3.59. The van der Waals surface area contributed by atoms with Gasteiger partial charge in [-0.3, -0.25) is 4.79 Å². The molecular formula is C16H22O2. The van der Waals surface area contributed by atoms with Gasteiger partial charge in [0.1, 0.15) is 0 Å². The molecule has 0 aromatic heterocycles. The van der Waals surface area contributed by atoms with E-state index in [2.05, 4.69) is 12.1 Å². The lowest BCUT2D eigenvalue weighted by Gasteiger charge is -2.18. The fraction of sp³-hybridized carbons (Fsp3) is 0.562. The molecule has 0 aliphatic heterocycles. The summed E-state index contributed by atoms with van der Waals surface area (Å²) in [5.41, 5.74) is 1.31. The average molecular weight is 246 g/mol. The Kier molecular flexibility index (Phi) is 4.80. The van der Waals surface area contributed by atoms with Gasteiger partial charge in [-0.25, -0.2) is 0 Å². The first kappa shape index (κ1) is 13.1. The molecule has 0 radical (unpaired) electrons. The molecule has 0 spiro atoms. The highest BCUT2D eigenvalue weighted by molar-refractivity contribution is 5.70. The summed E-state index contributed by atoms with van der Waals surface area (Å²) in [6, 6.07) is 10.3. The van der Waals surface area contributed by atoms with Gasteiger partial charge in [-0.2, -0.15) is 0 Å². The smallest absolute Gasteiger partial charge is 0.306 e. The molecule has 1 aromatic rings. The Labute approximate surface area is 109 Å². The Morgan fingerprint density at radius 2 is 1.89 bits per heavy atom. The van der Waals surface area contributed by atoms with Crippen molar-refractivity contribution < 1.29 is 9.90 Å². The van der Waals surface area contributed by atoms with Gasteiger partial charge in [0, 0.05) is 0 Å². The van der Waals surface area contributed by atoms with Crippen molar-refractivity contribution in [1.29, 1.82) is 0 Å². The van der Waals surface area contributed by atoms with Gasteiger partial charge in [-0.1, -0.05) is 43.2 Å². The molecule has 18 heavy (non-hydrogen) atoms. The van der Waals surface area contributed by atoms with Crippen molar-refractivity contribution in [3.63, 3.8) is 0 Å². The zero-order chi connectivity index (χ0) is 12.8. The van der Waals surface area contributed by atoms with E-state index in [1.54, 1.807) is 0 Å². The summed E-state index contributed by atoms with van der Waals surface area (Å²) in [5.74, 6) is -0.274. The molecule has 1 aromatic carbocycles. The molecule has 2 rings (SSSR count). The summed E-state index contributed by atoms with van der Waals surface area (Å²) < 4.78 is 0. The summed E-state index contributed by atoms with van der Waals surface area (Å²) in [4.78, 5) is 11.3. The summed E-state index contributed by atoms with van der Waals surface area (Å²) in [6.45, 7) is 0. The summed E-state index contributed by atoms with van der Waals surface area (Å²) >= 11 is 0. The molecule has 1 unspecified atom stereocenters. The second-order valence-electron chi connectivity index (χ2n) is 5.37. The fourth-order valence-electron chi connectivity index (χ4n) is 3.09.